The minimum atomic E-state index is -1.06. The lowest BCUT2D eigenvalue weighted by Crippen LogP contribution is -2.47. The normalized spacial score (nSPS) is 23.3. The van der Waals surface area contributed by atoms with Gasteiger partial charge >= 0.3 is 0 Å². The Hall–Kier alpha value is -4.15. The molecule has 2 aromatic carbocycles. The van der Waals surface area contributed by atoms with E-state index in [1.165, 1.54) is 10.5 Å². The predicted molar refractivity (Wildman–Crippen MR) is 178 cm³/mol. The molecule has 2 saturated heterocycles. The van der Waals surface area contributed by atoms with Crippen molar-refractivity contribution >= 4 is 23.5 Å². The van der Waals surface area contributed by atoms with Crippen molar-refractivity contribution in [1.82, 2.24) is 14.8 Å². The molecule has 2 amide bonds. The monoisotopic (exact) mass is 637 g/mol. The summed E-state index contributed by atoms with van der Waals surface area (Å²) < 4.78 is 0. The average molecular weight is 638 g/mol. The summed E-state index contributed by atoms with van der Waals surface area (Å²) in [5, 5.41) is 43.1. The van der Waals surface area contributed by atoms with Gasteiger partial charge in [0.15, 0.2) is 0 Å². The number of allylic oxidation sites excluding steroid dienone is 1. The zero-order valence-electron chi connectivity index (χ0n) is 26.5. The summed E-state index contributed by atoms with van der Waals surface area (Å²) in [6.07, 6.45) is 4.61. The van der Waals surface area contributed by atoms with E-state index in [1.54, 1.807) is 24.4 Å². The van der Waals surface area contributed by atoms with Gasteiger partial charge in [-0.05, 0) is 78.7 Å². The van der Waals surface area contributed by atoms with Crippen molar-refractivity contribution in [2.24, 2.45) is 17.8 Å². The molecule has 1 aromatic heterocycles. The maximum atomic E-state index is 14.0. The molecule has 0 spiro atoms. The smallest absolute Gasteiger partial charge is 0.234 e. The van der Waals surface area contributed by atoms with Gasteiger partial charge in [-0.2, -0.15) is 0 Å². The Bertz CT molecular complexity index is 1620. The standard InChI is InChI=1S/C38H43N3O6/c42-23-28-21-30-36(38(47)41(37(30)46)29-15-18-40(19-16-29)22-25-8-2-1-3-9-25)31(24-43)35(28)34(45)14-13-26(32-11-6-7-17-39-32)20-27-10-4-5-12-33(27)44/h1-12,17,20,29-31,34,36,42-45H,13-16,18-19,21-24H2/b26-20-/t30-,31+,34-,36-/m1/s1. The highest BCUT2D eigenvalue weighted by Crippen LogP contribution is 2.47. The van der Waals surface area contributed by atoms with Crippen LogP contribution >= 0.6 is 0 Å². The second kappa shape index (κ2) is 14.7. The SMILES string of the molecule is O=C1[C@@H]2[C@@H](CC(CO)=C([C@H](O)CC/C(=C/c3ccccc3O)c3ccccn3)[C@@H]2CO)C(=O)N1C1CCN(Cc2ccccc2)CC1. The summed E-state index contributed by atoms with van der Waals surface area (Å²) in [7, 11) is 0. The number of aliphatic hydroxyl groups excluding tert-OH is 3. The zero-order chi connectivity index (χ0) is 32.9. The van der Waals surface area contributed by atoms with Gasteiger partial charge in [-0.3, -0.25) is 24.4 Å². The molecule has 0 unspecified atom stereocenters. The van der Waals surface area contributed by atoms with Gasteiger partial charge in [0, 0.05) is 43.4 Å². The molecule has 246 valence electrons. The van der Waals surface area contributed by atoms with Gasteiger partial charge in [-0.15, -0.1) is 0 Å². The summed E-state index contributed by atoms with van der Waals surface area (Å²) in [5.74, 6) is -2.60. The average Bonchev–Trinajstić information content (AvgIpc) is 3.36. The highest BCUT2D eigenvalue weighted by Gasteiger charge is 2.56. The van der Waals surface area contributed by atoms with Gasteiger partial charge in [0.2, 0.25) is 11.8 Å². The van der Waals surface area contributed by atoms with Crippen LogP contribution in [0.25, 0.3) is 11.6 Å². The number of piperidine rings is 1. The number of aliphatic hydroxyl groups is 3. The van der Waals surface area contributed by atoms with Crippen molar-refractivity contribution in [2.75, 3.05) is 26.3 Å². The minimum Gasteiger partial charge on any atom is -0.507 e. The fraction of sp³-hybridized carbons (Fsp3) is 0.395. The molecule has 3 aliphatic rings. The van der Waals surface area contributed by atoms with E-state index < -0.39 is 30.5 Å². The topological polar surface area (TPSA) is 134 Å². The lowest BCUT2D eigenvalue weighted by Gasteiger charge is -2.36. The summed E-state index contributed by atoms with van der Waals surface area (Å²) in [4.78, 5) is 36.1. The second-order valence-electron chi connectivity index (χ2n) is 12.9. The van der Waals surface area contributed by atoms with Gasteiger partial charge in [0.25, 0.3) is 0 Å². The first-order chi connectivity index (χ1) is 22.9. The number of hydrogen-bond acceptors (Lipinski definition) is 8. The number of aromatic nitrogens is 1. The molecule has 47 heavy (non-hydrogen) atoms. The number of phenolic OH excluding ortho intramolecular Hbond substituents is 1. The van der Waals surface area contributed by atoms with Gasteiger partial charge in [0.05, 0.1) is 36.8 Å². The molecule has 0 radical (unpaired) electrons. The molecule has 1 aliphatic carbocycles. The number of likely N-dealkylation sites (tertiary alicyclic amines) is 2. The zero-order valence-corrected chi connectivity index (χ0v) is 26.5. The Morgan fingerprint density at radius 1 is 0.936 bits per heavy atom. The number of phenols is 1. The van der Waals surface area contributed by atoms with Crippen LogP contribution in [-0.4, -0.2) is 85.5 Å². The number of carbonyl (C=O) groups excluding carboxylic acids is 2. The number of benzene rings is 2. The van der Waals surface area contributed by atoms with Crippen molar-refractivity contribution in [3.63, 3.8) is 0 Å². The molecule has 3 aromatic rings. The number of hydrogen-bond donors (Lipinski definition) is 4. The maximum Gasteiger partial charge on any atom is 0.234 e. The molecule has 0 saturated carbocycles. The number of rotatable bonds is 11. The van der Waals surface area contributed by atoms with Crippen LogP contribution in [0.1, 0.15) is 48.9 Å². The first-order valence-electron chi connectivity index (χ1n) is 16.5. The molecule has 4 N–H and O–H groups in total. The van der Waals surface area contributed by atoms with E-state index in [-0.39, 0.29) is 43.1 Å². The van der Waals surface area contributed by atoms with E-state index in [0.717, 1.165) is 25.2 Å². The third-order valence-electron chi connectivity index (χ3n) is 10.1. The van der Waals surface area contributed by atoms with Crippen LogP contribution in [0.5, 0.6) is 5.75 Å². The molecule has 9 heteroatoms. The summed E-state index contributed by atoms with van der Waals surface area (Å²) >= 11 is 0. The van der Waals surface area contributed by atoms with Crippen LogP contribution in [0.2, 0.25) is 0 Å². The van der Waals surface area contributed by atoms with Crippen molar-refractivity contribution in [3.8, 4) is 5.75 Å². The van der Waals surface area contributed by atoms with Gasteiger partial charge < -0.3 is 20.4 Å². The second-order valence-corrected chi connectivity index (χ2v) is 12.9. The van der Waals surface area contributed by atoms with E-state index in [2.05, 4.69) is 22.0 Å². The molecule has 6 rings (SSSR count). The predicted octanol–water partition coefficient (Wildman–Crippen LogP) is 4.04. The van der Waals surface area contributed by atoms with Crippen LogP contribution in [0.15, 0.2) is 90.1 Å². The van der Waals surface area contributed by atoms with Crippen molar-refractivity contribution in [3.05, 3.63) is 107 Å². The van der Waals surface area contributed by atoms with E-state index in [0.29, 0.717) is 41.7 Å². The molecule has 9 nitrogen and oxygen atoms in total. The Kier molecular flexibility index (Phi) is 10.3. The fourth-order valence-corrected chi connectivity index (χ4v) is 7.74. The van der Waals surface area contributed by atoms with Crippen LogP contribution in [0.3, 0.4) is 0 Å². The third kappa shape index (κ3) is 6.94. The van der Waals surface area contributed by atoms with E-state index in [4.69, 9.17) is 0 Å². The lowest BCUT2D eigenvalue weighted by molar-refractivity contribution is -0.144. The number of imide groups is 1. The van der Waals surface area contributed by atoms with E-state index in [9.17, 15) is 30.0 Å². The first-order valence-corrected chi connectivity index (χ1v) is 16.5. The van der Waals surface area contributed by atoms with Crippen molar-refractivity contribution in [1.29, 1.82) is 0 Å². The minimum absolute atomic E-state index is 0.126. The van der Waals surface area contributed by atoms with Gasteiger partial charge in [-0.1, -0.05) is 54.6 Å². The molecular formula is C38H43N3O6. The molecular weight excluding hydrogens is 594 g/mol. The Morgan fingerprint density at radius 3 is 2.34 bits per heavy atom. The number of amides is 2. The Balaban J connectivity index is 1.18. The highest BCUT2D eigenvalue weighted by molar-refractivity contribution is 6.06. The largest absolute Gasteiger partial charge is 0.507 e. The van der Waals surface area contributed by atoms with Crippen LogP contribution < -0.4 is 0 Å². The van der Waals surface area contributed by atoms with Crippen molar-refractivity contribution in [2.45, 2.75) is 50.8 Å². The summed E-state index contributed by atoms with van der Waals surface area (Å²) in [5.41, 5.74) is 4.31. The van der Waals surface area contributed by atoms with Crippen LogP contribution in [-0.2, 0) is 16.1 Å². The first kappa shape index (κ1) is 32.8. The molecule has 0 bridgehead atoms. The number of pyridine rings is 1. The highest BCUT2D eigenvalue weighted by atomic mass is 16.3. The molecule has 2 fully saturated rings. The fourth-order valence-electron chi connectivity index (χ4n) is 7.74. The molecule has 3 heterocycles. The summed E-state index contributed by atoms with van der Waals surface area (Å²) in [6, 6.07) is 22.6. The number of carbonyl (C=O) groups is 2. The van der Waals surface area contributed by atoms with Crippen LogP contribution in [0, 0.1) is 17.8 Å². The van der Waals surface area contributed by atoms with Gasteiger partial charge in [0.1, 0.15) is 5.75 Å². The van der Waals surface area contributed by atoms with Crippen LogP contribution in [0.4, 0.5) is 0 Å². The Morgan fingerprint density at radius 2 is 1.66 bits per heavy atom. The number of aromatic hydroxyl groups is 1. The van der Waals surface area contributed by atoms with Crippen molar-refractivity contribution < 1.29 is 30.0 Å². The third-order valence-corrected chi connectivity index (χ3v) is 10.1. The Labute approximate surface area is 275 Å². The lowest BCUT2D eigenvalue weighted by atomic mass is 9.68. The number of para-hydroxylation sites is 1. The van der Waals surface area contributed by atoms with E-state index in [1.807, 2.05) is 48.5 Å². The number of fused-ring (bicyclic) bond motifs is 1. The molecule has 2 aliphatic heterocycles. The van der Waals surface area contributed by atoms with Gasteiger partial charge in [-0.25, -0.2) is 0 Å². The quantitative estimate of drug-likeness (QED) is 0.183. The number of nitrogens with zero attached hydrogens (tertiary/aromatic N) is 3. The van der Waals surface area contributed by atoms with E-state index >= 15 is 0 Å². The molecule has 4 atom stereocenters. The summed E-state index contributed by atoms with van der Waals surface area (Å²) in [6.45, 7) is 1.58. The maximum absolute atomic E-state index is 14.0.